The van der Waals surface area contributed by atoms with Gasteiger partial charge in [-0.2, -0.15) is 5.10 Å². The van der Waals surface area contributed by atoms with Crippen LogP contribution in [-0.4, -0.2) is 22.7 Å². The van der Waals surface area contributed by atoms with Gasteiger partial charge in [-0.3, -0.25) is 4.79 Å². The van der Waals surface area contributed by atoms with Crippen molar-refractivity contribution in [1.82, 2.24) is 5.01 Å². The Kier molecular flexibility index (Phi) is 4.76. The molecule has 0 fully saturated rings. The third-order valence-electron chi connectivity index (χ3n) is 5.48. The zero-order valence-electron chi connectivity index (χ0n) is 16.2. The van der Waals surface area contributed by atoms with Crippen molar-refractivity contribution < 1.29 is 9.53 Å². The predicted octanol–water partition coefficient (Wildman–Crippen LogP) is 6.05. The van der Waals surface area contributed by atoms with E-state index in [1.165, 1.54) is 0 Å². The van der Waals surface area contributed by atoms with E-state index in [9.17, 15) is 4.79 Å². The van der Waals surface area contributed by atoms with Crippen LogP contribution in [0.4, 0.5) is 0 Å². The highest BCUT2D eigenvalue weighted by Gasteiger charge is 2.44. The Morgan fingerprint density at radius 1 is 1.07 bits per heavy atom. The second-order valence-corrected chi connectivity index (χ2v) is 8.36. The molecule has 0 unspecified atom stereocenters. The molecule has 2 aliphatic heterocycles. The van der Waals surface area contributed by atoms with Crippen LogP contribution >= 0.6 is 23.2 Å². The molecule has 150 valence electrons. The van der Waals surface area contributed by atoms with Crippen LogP contribution in [0.5, 0.6) is 5.75 Å². The molecule has 4 nitrogen and oxygen atoms in total. The number of aryl methyl sites for hydroxylation is 1. The van der Waals surface area contributed by atoms with E-state index in [2.05, 4.69) is 0 Å². The molecule has 3 aromatic rings. The van der Waals surface area contributed by atoms with E-state index >= 15 is 0 Å². The number of nitrogens with zero attached hydrogens (tertiary/aromatic N) is 2. The summed E-state index contributed by atoms with van der Waals surface area (Å²) in [5, 5.41) is 7.47. The van der Waals surface area contributed by atoms with Gasteiger partial charge < -0.3 is 4.74 Å². The molecule has 0 saturated carbocycles. The number of halogens is 2. The topological polar surface area (TPSA) is 41.9 Å². The normalized spacial score (nSPS) is 19.6. The number of fused-ring (bicyclic) bond motifs is 3. The minimum Gasteiger partial charge on any atom is -0.459 e. The third kappa shape index (κ3) is 3.26. The summed E-state index contributed by atoms with van der Waals surface area (Å²) >= 11 is 12.7. The summed E-state index contributed by atoms with van der Waals surface area (Å²) in [7, 11) is 0. The molecule has 2 heterocycles. The Morgan fingerprint density at radius 3 is 2.53 bits per heavy atom. The summed E-state index contributed by atoms with van der Waals surface area (Å²) < 4.78 is 6.14. The number of hydrogen-bond donors (Lipinski definition) is 0. The molecule has 5 rings (SSSR count). The molecular formula is C24H18Cl2N2O2. The zero-order valence-corrected chi connectivity index (χ0v) is 17.7. The first-order valence-corrected chi connectivity index (χ1v) is 10.4. The van der Waals surface area contributed by atoms with Crippen molar-refractivity contribution in [2.75, 3.05) is 0 Å². The van der Waals surface area contributed by atoms with Gasteiger partial charge in [-0.05, 0) is 24.6 Å². The Bertz CT molecular complexity index is 1160. The Morgan fingerprint density at radius 2 is 1.80 bits per heavy atom. The second kappa shape index (κ2) is 7.46. The number of carbonyl (C=O) groups is 1. The van der Waals surface area contributed by atoms with Gasteiger partial charge in [0.1, 0.15) is 5.75 Å². The maximum Gasteiger partial charge on any atom is 0.251 e. The Labute approximate surface area is 184 Å². The molecule has 0 amide bonds. The van der Waals surface area contributed by atoms with E-state index < -0.39 is 6.23 Å². The van der Waals surface area contributed by atoms with Gasteiger partial charge in [-0.1, -0.05) is 83.4 Å². The number of rotatable bonds is 3. The smallest absolute Gasteiger partial charge is 0.251 e. The van der Waals surface area contributed by atoms with Crippen molar-refractivity contribution in [1.29, 1.82) is 0 Å². The van der Waals surface area contributed by atoms with Crippen LogP contribution in [0, 0.1) is 6.92 Å². The van der Waals surface area contributed by atoms with Crippen molar-refractivity contribution in [3.8, 4) is 5.75 Å². The first-order valence-electron chi connectivity index (χ1n) is 9.69. The maximum absolute atomic E-state index is 13.4. The summed E-state index contributed by atoms with van der Waals surface area (Å²) in [6, 6.07) is 20.7. The minimum absolute atomic E-state index is 0.158. The maximum atomic E-state index is 13.4. The van der Waals surface area contributed by atoms with Crippen LogP contribution in [0.3, 0.4) is 0 Å². The van der Waals surface area contributed by atoms with E-state index in [1.54, 1.807) is 11.1 Å². The van der Waals surface area contributed by atoms with Gasteiger partial charge in [-0.15, -0.1) is 0 Å². The number of ether oxygens (including phenoxy) is 1. The fourth-order valence-corrected chi connectivity index (χ4v) is 4.51. The van der Waals surface area contributed by atoms with Gasteiger partial charge in [-0.25, -0.2) is 5.01 Å². The largest absolute Gasteiger partial charge is 0.459 e. The minimum atomic E-state index is -0.898. The van der Waals surface area contributed by atoms with Crippen molar-refractivity contribution >= 4 is 34.7 Å². The van der Waals surface area contributed by atoms with Crippen LogP contribution in [0.2, 0.25) is 10.0 Å². The van der Waals surface area contributed by atoms with Crippen molar-refractivity contribution in [3.05, 3.63) is 99.0 Å². The van der Waals surface area contributed by atoms with Gasteiger partial charge in [0.05, 0.1) is 16.8 Å². The lowest BCUT2D eigenvalue weighted by atomic mass is 9.95. The molecule has 0 radical (unpaired) electrons. The monoisotopic (exact) mass is 436 g/mol. The molecule has 6 heteroatoms. The fourth-order valence-electron chi connectivity index (χ4n) is 3.95. The molecule has 3 aromatic carbocycles. The number of ketones is 1. The predicted molar refractivity (Wildman–Crippen MR) is 119 cm³/mol. The van der Waals surface area contributed by atoms with E-state index in [-0.39, 0.29) is 11.8 Å². The van der Waals surface area contributed by atoms with Crippen LogP contribution in [0.15, 0.2) is 71.8 Å². The van der Waals surface area contributed by atoms with Crippen LogP contribution in [-0.2, 0) is 0 Å². The fraction of sp³-hybridized carbons (Fsp3) is 0.167. The second-order valence-electron chi connectivity index (χ2n) is 7.52. The Hall–Kier alpha value is -2.82. The van der Waals surface area contributed by atoms with E-state index in [0.717, 1.165) is 22.4 Å². The highest BCUT2D eigenvalue weighted by Crippen LogP contribution is 2.47. The first-order chi connectivity index (χ1) is 14.5. The van der Waals surface area contributed by atoms with Gasteiger partial charge in [0.2, 0.25) is 5.78 Å². The van der Waals surface area contributed by atoms with Crippen LogP contribution < -0.4 is 4.74 Å². The van der Waals surface area contributed by atoms with Gasteiger partial charge in [0, 0.05) is 22.6 Å². The first kappa shape index (κ1) is 19.2. The zero-order chi connectivity index (χ0) is 20.8. The van der Waals surface area contributed by atoms with Gasteiger partial charge in [0.15, 0.2) is 0 Å². The Balaban J connectivity index is 1.60. The van der Waals surface area contributed by atoms with Crippen molar-refractivity contribution in [3.63, 3.8) is 0 Å². The lowest BCUT2D eigenvalue weighted by Gasteiger charge is -2.37. The lowest BCUT2D eigenvalue weighted by Crippen LogP contribution is -2.46. The number of carbonyl (C=O) groups excluding carboxylic acids is 1. The SMILES string of the molecule is Cc1ccc(C(=O)[C@H]2Oc3c(Cl)cc(Cl)cc3[C@@H]3CC(c4ccccc4)=NN23)cc1. The standard InChI is InChI=1S/C24H18Cl2N2O2/c1-14-7-9-16(10-8-14)22(29)24-28-21(13-20(27-28)15-5-3-2-4-6-15)18-11-17(25)12-19(26)23(18)30-24/h2-12,21,24H,13H2,1H3/t21-,24+/m0/s1. The molecule has 30 heavy (non-hydrogen) atoms. The van der Waals surface area contributed by atoms with E-state index in [4.69, 9.17) is 33.0 Å². The molecule has 2 atom stereocenters. The van der Waals surface area contributed by atoms with Crippen LogP contribution in [0.25, 0.3) is 0 Å². The average molecular weight is 437 g/mol. The molecule has 0 bridgehead atoms. The van der Waals surface area contributed by atoms with E-state index in [1.807, 2.05) is 67.6 Å². The van der Waals surface area contributed by atoms with E-state index in [0.29, 0.717) is 27.8 Å². The summed E-state index contributed by atoms with van der Waals surface area (Å²) in [4.78, 5) is 13.4. The quantitative estimate of drug-likeness (QED) is 0.468. The summed E-state index contributed by atoms with van der Waals surface area (Å²) in [6.07, 6.45) is -0.264. The number of hydrazone groups is 1. The molecule has 0 N–H and O–H groups in total. The van der Waals surface area contributed by atoms with Gasteiger partial charge >= 0.3 is 0 Å². The molecule has 0 aromatic heterocycles. The highest BCUT2D eigenvalue weighted by atomic mass is 35.5. The van der Waals surface area contributed by atoms with Crippen molar-refractivity contribution in [2.45, 2.75) is 25.6 Å². The highest BCUT2D eigenvalue weighted by molar-refractivity contribution is 6.35. The average Bonchev–Trinajstić information content (AvgIpc) is 3.20. The van der Waals surface area contributed by atoms with Gasteiger partial charge in [0.25, 0.3) is 6.23 Å². The number of Topliss-reactive ketones (excluding diaryl/α,β-unsaturated/α-hetero) is 1. The summed E-state index contributed by atoms with van der Waals surface area (Å²) in [5.74, 6) is 0.340. The molecular weight excluding hydrogens is 419 g/mol. The molecule has 0 saturated heterocycles. The van der Waals surface area contributed by atoms with Crippen LogP contribution in [0.1, 0.15) is 39.5 Å². The third-order valence-corrected chi connectivity index (χ3v) is 5.97. The number of benzene rings is 3. The van der Waals surface area contributed by atoms with Crippen molar-refractivity contribution in [2.24, 2.45) is 5.10 Å². The lowest BCUT2D eigenvalue weighted by molar-refractivity contribution is -0.00447. The molecule has 0 spiro atoms. The molecule has 2 aliphatic rings. The summed E-state index contributed by atoms with van der Waals surface area (Å²) in [5.41, 5.74) is 4.41. The molecule has 0 aliphatic carbocycles. The summed E-state index contributed by atoms with van der Waals surface area (Å²) in [6.45, 7) is 1.98. The number of hydrogen-bond acceptors (Lipinski definition) is 4.